The molecule has 1 aliphatic rings. The standard InChI is InChI=1S/C12H16N2O3S/c1-7-4-5-18-9(7)6-13-12(17)14-10(11(15)16)8-2-3-8/h4-5,8,10H,2-3,6H2,1H3,(H,15,16)(H2,13,14,17). The Balaban J connectivity index is 1.81. The molecule has 1 atom stereocenters. The van der Waals surface area contributed by atoms with E-state index in [9.17, 15) is 9.59 Å². The molecule has 1 fully saturated rings. The van der Waals surface area contributed by atoms with Gasteiger partial charge in [-0.2, -0.15) is 0 Å². The second-order valence-electron chi connectivity index (χ2n) is 4.51. The van der Waals surface area contributed by atoms with Gasteiger partial charge in [-0.1, -0.05) is 0 Å². The monoisotopic (exact) mass is 268 g/mol. The summed E-state index contributed by atoms with van der Waals surface area (Å²) in [6.45, 7) is 2.42. The minimum absolute atomic E-state index is 0.0942. The number of rotatable bonds is 5. The van der Waals surface area contributed by atoms with E-state index in [1.807, 2.05) is 18.4 Å². The lowest BCUT2D eigenvalue weighted by atomic mass is 10.2. The number of carboxylic acids is 1. The Bertz CT molecular complexity index is 454. The Morgan fingerprint density at radius 1 is 1.56 bits per heavy atom. The molecular formula is C12H16N2O3S. The predicted molar refractivity (Wildman–Crippen MR) is 68.6 cm³/mol. The molecule has 0 aromatic carbocycles. The van der Waals surface area contributed by atoms with Crippen LogP contribution in [0.3, 0.4) is 0 Å². The van der Waals surface area contributed by atoms with Crippen LogP contribution in [0.1, 0.15) is 23.3 Å². The Labute approximate surface area is 109 Å². The van der Waals surface area contributed by atoms with Crippen LogP contribution in [0, 0.1) is 12.8 Å². The van der Waals surface area contributed by atoms with Gasteiger partial charge < -0.3 is 15.7 Å². The van der Waals surface area contributed by atoms with E-state index in [0.29, 0.717) is 6.54 Å². The summed E-state index contributed by atoms with van der Waals surface area (Å²) in [6.07, 6.45) is 1.75. The third-order valence-electron chi connectivity index (χ3n) is 3.02. The molecule has 6 heteroatoms. The largest absolute Gasteiger partial charge is 0.480 e. The van der Waals surface area contributed by atoms with E-state index in [-0.39, 0.29) is 5.92 Å². The van der Waals surface area contributed by atoms with Gasteiger partial charge in [0.15, 0.2) is 0 Å². The van der Waals surface area contributed by atoms with E-state index in [4.69, 9.17) is 5.11 Å². The minimum Gasteiger partial charge on any atom is -0.480 e. The Morgan fingerprint density at radius 2 is 2.28 bits per heavy atom. The number of aliphatic carboxylic acids is 1. The number of urea groups is 1. The molecule has 0 saturated heterocycles. The van der Waals surface area contributed by atoms with E-state index >= 15 is 0 Å². The highest BCUT2D eigenvalue weighted by molar-refractivity contribution is 7.10. The zero-order valence-corrected chi connectivity index (χ0v) is 10.9. The number of carboxylic acid groups (broad SMARTS) is 1. The average molecular weight is 268 g/mol. The molecule has 1 heterocycles. The second kappa shape index (κ2) is 5.39. The van der Waals surface area contributed by atoms with E-state index in [1.165, 1.54) is 0 Å². The molecule has 98 valence electrons. The Hall–Kier alpha value is -1.56. The molecule has 0 radical (unpaired) electrons. The molecule has 2 rings (SSSR count). The smallest absolute Gasteiger partial charge is 0.326 e. The highest BCUT2D eigenvalue weighted by Gasteiger charge is 2.37. The number of carbonyl (C=O) groups excluding carboxylic acids is 1. The summed E-state index contributed by atoms with van der Waals surface area (Å²) in [6, 6.07) is 0.820. The lowest BCUT2D eigenvalue weighted by molar-refractivity contribution is -0.139. The molecule has 1 aromatic heterocycles. The molecule has 1 aliphatic carbocycles. The molecule has 1 aromatic rings. The van der Waals surface area contributed by atoms with Crippen LogP contribution in [0.15, 0.2) is 11.4 Å². The van der Waals surface area contributed by atoms with Crippen LogP contribution in [-0.2, 0) is 11.3 Å². The lowest BCUT2D eigenvalue weighted by Crippen LogP contribution is -2.46. The van der Waals surface area contributed by atoms with Gasteiger partial charge in [0.25, 0.3) is 0 Å². The van der Waals surface area contributed by atoms with Crippen LogP contribution in [-0.4, -0.2) is 23.1 Å². The molecular weight excluding hydrogens is 252 g/mol. The molecule has 3 N–H and O–H groups in total. The van der Waals surface area contributed by atoms with Gasteiger partial charge in [0.05, 0.1) is 6.54 Å². The van der Waals surface area contributed by atoms with Crippen molar-refractivity contribution in [1.29, 1.82) is 0 Å². The van der Waals surface area contributed by atoms with Crippen molar-refractivity contribution >= 4 is 23.3 Å². The van der Waals surface area contributed by atoms with Crippen molar-refractivity contribution in [3.63, 3.8) is 0 Å². The number of thiophene rings is 1. The van der Waals surface area contributed by atoms with Gasteiger partial charge in [-0.05, 0) is 42.7 Å². The molecule has 1 unspecified atom stereocenters. The van der Waals surface area contributed by atoms with Crippen molar-refractivity contribution < 1.29 is 14.7 Å². The highest BCUT2D eigenvalue weighted by atomic mass is 32.1. The van der Waals surface area contributed by atoms with Gasteiger partial charge in [0, 0.05) is 4.88 Å². The quantitative estimate of drug-likeness (QED) is 0.761. The van der Waals surface area contributed by atoms with Gasteiger partial charge in [-0.15, -0.1) is 11.3 Å². The summed E-state index contributed by atoms with van der Waals surface area (Å²) >= 11 is 1.58. The van der Waals surface area contributed by atoms with Crippen molar-refractivity contribution in [3.8, 4) is 0 Å². The van der Waals surface area contributed by atoms with Crippen molar-refractivity contribution in [2.45, 2.75) is 32.4 Å². The first-order valence-corrected chi connectivity index (χ1v) is 6.76. The van der Waals surface area contributed by atoms with Crippen molar-refractivity contribution in [3.05, 3.63) is 21.9 Å². The summed E-state index contributed by atoms with van der Waals surface area (Å²) in [7, 11) is 0. The number of aryl methyl sites for hydroxylation is 1. The maximum absolute atomic E-state index is 11.6. The van der Waals surface area contributed by atoms with Crippen LogP contribution >= 0.6 is 11.3 Å². The topological polar surface area (TPSA) is 78.4 Å². The fraction of sp³-hybridized carbons (Fsp3) is 0.500. The molecule has 1 saturated carbocycles. The van der Waals surface area contributed by atoms with E-state index < -0.39 is 18.0 Å². The summed E-state index contributed by atoms with van der Waals surface area (Å²) in [5.41, 5.74) is 1.14. The van der Waals surface area contributed by atoms with Crippen LogP contribution in [0.2, 0.25) is 0 Å². The molecule has 0 bridgehead atoms. The SMILES string of the molecule is Cc1ccsc1CNC(=O)NC(C(=O)O)C1CC1. The van der Waals surface area contributed by atoms with Crippen molar-refractivity contribution in [2.75, 3.05) is 0 Å². The fourth-order valence-electron chi connectivity index (χ4n) is 1.75. The van der Waals surface area contributed by atoms with E-state index in [1.54, 1.807) is 11.3 Å². The van der Waals surface area contributed by atoms with Crippen LogP contribution < -0.4 is 10.6 Å². The van der Waals surface area contributed by atoms with E-state index in [0.717, 1.165) is 23.3 Å². The normalized spacial score (nSPS) is 16.1. The van der Waals surface area contributed by atoms with Crippen molar-refractivity contribution in [1.82, 2.24) is 10.6 Å². The maximum Gasteiger partial charge on any atom is 0.326 e. The van der Waals surface area contributed by atoms with Crippen LogP contribution in [0.25, 0.3) is 0 Å². The van der Waals surface area contributed by atoms with Crippen LogP contribution in [0.4, 0.5) is 4.79 Å². The number of hydrogen-bond donors (Lipinski definition) is 3. The molecule has 5 nitrogen and oxygen atoms in total. The van der Waals surface area contributed by atoms with E-state index in [2.05, 4.69) is 10.6 Å². The van der Waals surface area contributed by atoms with Gasteiger partial charge in [-0.3, -0.25) is 0 Å². The zero-order chi connectivity index (χ0) is 13.1. The number of hydrogen-bond acceptors (Lipinski definition) is 3. The zero-order valence-electron chi connectivity index (χ0n) is 10.1. The number of carbonyl (C=O) groups is 2. The molecule has 2 amide bonds. The number of amides is 2. The summed E-state index contributed by atoms with van der Waals surface area (Å²) < 4.78 is 0. The first-order valence-electron chi connectivity index (χ1n) is 5.88. The average Bonchev–Trinajstić information content (AvgIpc) is 3.07. The summed E-state index contributed by atoms with van der Waals surface area (Å²) in [5.74, 6) is -0.864. The lowest BCUT2D eigenvalue weighted by Gasteiger charge is -2.14. The second-order valence-corrected chi connectivity index (χ2v) is 5.51. The van der Waals surface area contributed by atoms with Gasteiger partial charge >= 0.3 is 12.0 Å². The third-order valence-corrected chi connectivity index (χ3v) is 4.05. The predicted octanol–water partition coefficient (Wildman–Crippen LogP) is 1.72. The van der Waals surface area contributed by atoms with Gasteiger partial charge in [0.1, 0.15) is 6.04 Å². The number of nitrogens with one attached hydrogen (secondary N) is 2. The van der Waals surface area contributed by atoms with Crippen LogP contribution in [0.5, 0.6) is 0 Å². The molecule has 18 heavy (non-hydrogen) atoms. The third kappa shape index (κ3) is 3.22. The molecule has 0 spiro atoms. The van der Waals surface area contributed by atoms with Gasteiger partial charge in [0.2, 0.25) is 0 Å². The van der Waals surface area contributed by atoms with Gasteiger partial charge in [-0.25, -0.2) is 9.59 Å². The summed E-state index contributed by atoms with van der Waals surface area (Å²) in [4.78, 5) is 23.7. The maximum atomic E-state index is 11.6. The highest BCUT2D eigenvalue weighted by Crippen LogP contribution is 2.32. The Morgan fingerprint density at radius 3 is 2.78 bits per heavy atom. The minimum atomic E-state index is -0.958. The fourth-order valence-corrected chi connectivity index (χ4v) is 2.59. The molecule has 0 aliphatic heterocycles. The first kappa shape index (κ1) is 12.9. The first-order chi connectivity index (χ1) is 8.58. The Kier molecular flexibility index (Phi) is 3.86. The summed E-state index contributed by atoms with van der Waals surface area (Å²) in [5, 5.41) is 16.2. The van der Waals surface area contributed by atoms with Crippen molar-refractivity contribution in [2.24, 2.45) is 5.92 Å².